The molecule has 2 N–H and O–H groups in total. The fourth-order valence-electron chi connectivity index (χ4n) is 2.33. The first-order valence-corrected chi connectivity index (χ1v) is 8.63. The summed E-state index contributed by atoms with van der Waals surface area (Å²) < 4.78 is 27.0. The van der Waals surface area contributed by atoms with Crippen LogP contribution in [0, 0.1) is 0 Å². The highest BCUT2D eigenvalue weighted by Crippen LogP contribution is 2.27. The topological polar surface area (TPSA) is 75.3 Å². The number of carbonyl (C=O) groups is 1. The number of fused-ring (bicyclic) bond motifs is 1. The summed E-state index contributed by atoms with van der Waals surface area (Å²) in [6.45, 7) is 0. The molecule has 0 bridgehead atoms. The van der Waals surface area contributed by atoms with Gasteiger partial charge in [-0.3, -0.25) is 9.52 Å². The van der Waals surface area contributed by atoms with Gasteiger partial charge in [0.2, 0.25) is 15.9 Å². The third-order valence-electron chi connectivity index (χ3n) is 3.31. The van der Waals surface area contributed by atoms with Crippen molar-refractivity contribution in [1.82, 2.24) is 0 Å². The lowest BCUT2D eigenvalue weighted by molar-refractivity contribution is -0.115. The van der Waals surface area contributed by atoms with Gasteiger partial charge in [0.15, 0.2) is 0 Å². The average Bonchev–Trinajstić information content (AvgIpc) is 2.80. The number of hydrogen-bond donors (Lipinski definition) is 2. The van der Waals surface area contributed by atoms with E-state index in [9.17, 15) is 13.2 Å². The maximum absolute atomic E-state index is 12.2. The van der Waals surface area contributed by atoms with E-state index in [0.717, 1.165) is 11.3 Å². The highest BCUT2D eigenvalue weighted by Gasteiger charge is 2.19. The Morgan fingerprint density at radius 1 is 1.18 bits per heavy atom. The van der Waals surface area contributed by atoms with Crippen molar-refractivity contribution >= 4 is 38.9 Å². The molecule has 0 saturated heterocycles. The summed E-state index contributed by atoms with van der Waals surface area (Å²) in [5.41, 5.74) is 2.47. The van der Waals surface area contributed by atoms with Crippen LogP contribution in [0.4, 0.5) is 11.4 Å². The van der Waals surface area contributed by atoms with Gasteiger partial charge in [-0.15, -0.1) is 0 Å². The van der Waals surface area contributed by atoms with Crippen molar-refractivity contribution in [2.45, 2.75) is 12.2 Å². The van der Waals surface area contributed by atoms with Crippen molar-refractivity contribution in [2.24, 2.45) is 0 Å². The van der Waals surface area contributed by atoms with Crippen LogP contribution in [-0.4, -0.2) is 14.3 Å². The van der Waals surface area contributed by atoms with Gasteiger partial charge in [0.1, 0.15) is 0 Å². The molecule has 0 aromatic heterocycles. The number of sulfonamides is 1. The molecule has 0 fully saturated rings. The van der Waals surface area contributed by atoms with Crippen LogP contribution in [0.5, 0.6) is 0 Å². The van der Waals surface area contributed by atoms with Crippen LogP contribution in [-0.2, 0) is 27.0 Å². The van der Waals surface area contributed by atoms with Crippen LogP contribution in [0.2, 0.25) is 5.02 Å². The molecule has 0 atom stereocenters. The van der Waals surface area contributed by atoms with Crippen LogP contribution in [0.25, 0.3) is 0 Å². The average molecular weight is 337 g/mol. The Labute approximate surface area is 133 Å². The summed E-state index contributed by atoms with van der Waals surface area (Å²) in [7, 11) is -3.58. The molecule has 0 saturated carbocycles. The predicted octanol–water partition coefficient (Wildman–Crippen LogP) is 2.78. The van der Waals surface area contributed by atoms with Gasteiger partial charge < -0.3 is 5.32 Å². The number of hydrogen-bond acceptors (Lipinski definition) is 3. The number of carbonyl (C=O) groups excluding carboxylic acids is 1. The number of halogens is 1. The Morgan fingerprint density at radius 3 is 2.73 bits per heavy atom. The molecule has 1 amide bonds. The number of benzene rings is 2. The number of anilines is 2. The van der Waals surface area contributed by atoms with E-state index in [-0.39, 0.29) is 18.1 Å². The molecule has 114 valence electrons. The molecule has 1 aliphatic rings. The second-order valence-electron chi connectivity index (χ2n) is 5.05. The molecular formula is C15H13ClN2O3S. The van der Waals surface area contributed by atoms with Gasteiger partial charge in [0.25, 0.3) is 0 Å². The summed E-state index contributed by atoms with van der Waals surface area (Å²) in [5.74, 6) is -0.299. The highest BCUT2D eigenvalue weighted by molar-refractivity contribution is 7.91. The lowest BCUT2D eigenvalue weighted by Crippen LogP contribution is -2.15. The minimum Gasteiger partial charge on any atom is -0.326 e. The number of nitrogens with one attached hydrogen (secondary N) is 2. The summed E-state index contributed by atoms with van der Waals surface area (Å²) in [6.07, 6.45) is 0.259. The van der Waals surface area contributed by atoms with Crippen molar-refractivity contribution in [2.75, 3.05) is 10.0 Å². The third kappa shape index (κ3) is 3.23. The molecule has 0 unspecified atom stereocenters. The third-order valence-corrected chi connectivity index (χ3v) is 4.91. The van der Waals surface area contributed by atoms with Crippen LogP contribution in [0.3, 0.4) is 0 Å². The normalized spacial score (nSPS) is 13.6. The maximum atomic E-state index is 12.2. The Balaban J connectivity index is 1.79. The molecule has 7 heteroatoms. The molecular weight excluding hydrogens is 324 g/mol. The Morgan fingerprint density at radius 2 is 1.95 bits per heavy atom. The van der Waals surface area contributed by atoms with Gasteiger partial charge in [0.05, 0.1) is 12.2 Å². The zero-order valence-electron chi connectivity index (χ0n) is 11.5. The standard InChI is InChI=1S/C15H13ClN2O3S/c16-13-4-2-1-3-10(13)9-22(20,21)18-12-5-6-14-11(7-12)8-15(19)17-14/h1-7,18H,8-9H2,(H,17,19). The monoisotopic (exact) mass is 336 g/mol. The molecule has 5 nitrogen and oxygen atoms in total. The van der Waals surface area contributed by atoms with E-state index < -0.39 is 10.0 Å². The summed E-state index contributed by atoms with van der Waals surface area (Å²) in [5, 5.41) is 3.11. The van der Waals surface area contributed by atoms with E-state index >= 15 is 0 Å². The van der Waals surface area contributed by atoms with Crippen LogP contribution < -0.4 is 10.0 Å². The molecule has 0 spiro atoms. The van der Waals surface area contributed by atoms with Crippen molar-refractivity contribution in [3.63, 3.8) is 0 Å². The van der Waals surface area contributed by atoms with E-state index in [1.54, 1.807) is 42.5 Å². The Kier molecular flexibility index (Phi) is 3.80. The zero-order valence-corrected chi connectivity index (χ0v) is 13.0. The summed E-state index contributed by atoms with van der Waals surface area (Å²) in [4.78, 5) is 11.3. The van der Waals surface area contributed by atoms with Gasteiger partial charge in [0, 0.05) is 16.4 Å². The fraction of sp³-hybridized carbons (Fsp3) is 0.133. The largest absolute Gasteiger partial charge is 0.326 e. The van der Waals surface area contributed by atoms with Crippen LogP contribution in [0.15, 0.2) is 42.5 Å². The Bertz CT molecular complexity index is 850. The van der Waals surface area contributed by atoms with Gasteiger partial charge in [-0.05, 0) is 35.4 Å². The van der Waals surface area contributed by atoms with Gasteiger partial charge in [-0.2, -0.15) is 0 Å². The zero-order chi connectivity index (χ0) is 15.7. The lowest BCUT2D eigenvalue weighted by Gasteiger charge is -2.10. The maximum Gasteiger partial charge on any atom is 0.236 e. The van der Waals surface area contributed by atoms with Crippen molar-refractivity contribution in [3.05, 3.63) is 58.6 Å². The predicted molar refractivity (Wildman–Crippen MR) is 86.5 cm³/mol. The molecule has 3 rings (SSSR count). The minimum absolute atomic E-state index is 0.0916. The van der Waals surface area contributed by atoms with Gasteiger partial charge in [-0.1, -0.05) is 29.8 Å². The minimum atomic E-state index is -3.58. The smallest absolute Gasteiger partial charge is 0.236 e. The highest BCUT2D eigenvalue weighted by atomic mass is 35.5. The van der Waals surface area contributed by atoms with Crippen LogP contribution in [0.1, 0.15) is 11.1 Å². The van der Waals surface area contributed by atoms with E-state index in [4.69, 9.17) is 11.6 Å². The molecule has 0 aliphatic carbocycles. The van der Waals surface area contributed by atoms with E-state index in [1.807, 2.05) is 0 Å². The first-order valence-electron chi connectivity index (χ1n) is 6.60. The van der Waals surface area contributed by atoms with Crippen LogP contribution >= 0.6 is 11.6 Å². The first-order chi connectivity index (χ1) is 10.4. The second kappa shape index (κ2) is 5.62. The fourth-order valence-corrected chi connectivity index (χ4v) is 3.83. The summed E-state index contributed by atoms with van der Waals surface area (Å²) in [6, 6.07) is 11.8. The quantitative estimate of drug-likeness (QED) is 0.901. The molecule has 2 aromatic rings. The molecule has 22 heavy (non-hydrogen) atoms. The first kappa shape index (κ1) is 14.9. The Hall–Kier alpha value is -2.05. The van der Waals surface area contributed by atoms with Crippen molar-refractivity contribution < 1.29 is 13.2 Å². The van der Waals surface area contributed by atoms with Gasteiger partial charge in [-0.25, -0.2) is 8.42 Å². The molecule has 0 radical (unpaired) electrons. The van der Waals surface area contributed by atoms with Gasteiger partial charge >= 0.3 is 0 Å². The number of rotatable bonds is 4. The SMILES string of the molecule is O=C1Cc2cc(NS(=O)(=O)Cc3ccccc3Cl)ccc2N1. The van der Waals surface area contributed by atoms with Crippen molar-refractivity contribution in [1.29, 1.82) is 0 Å². The number of amides is 1. The molecule has 1 heterocycles. The summed E-state index contributed by atoms with van der Waals surface area (Å²) >= 11 is 5.99. The molecule has 2 aromatic carbocycles. The van der Waals surface area contributed by atoms with E-state index in [1.165, 1.54) is 0 Å². The van der Waals surface area contributed by atoms with E-state index in [0.29, 0.717) is 16.3 Å². The lowest BCUT2D eigenvalue weighted by atomic mass is 10.1. The second-order valence-corrected chi connectivity index (χ2v) is 7.18. The molecule has 1 aliphatic heterocycles. The van der Waals surface area contributed by atoms with E-state index in [2.05, 4.69) is 10.0 Å². The van der Waals surface area contributed by atoms with Crippen molar-refractivity contribution in [3.8, 4) is 0 Å².